The first-order valence-electron chi connectivity index (χ1n) is 10.1. The summed E-state index contributed by atoms with van der Waals surface area (Å²) in [5.74, 6) is 2.29. The zero-order chi connectivity index (χ0) is 19.6. The van der Waals surface area contributed by atoms with Crippen molar-refractivity contribution in [1.29, 1.82) is 0 Å². The predicted octanol–water partition coefficient (Wildman–Crippen LogP) is 4.39. The summed E-state index contributed by atoms with van der Waals surface area (Å²) in [7, 11) is 1.71. The lowest BCUT2D eigenvalue weighted by Gasteiger charge is -2.22. The fourth-order valence-corrected chi connectivity index (χ4v) is 3.42. The molecule has 1 aliphatic heterocycles. The quantitative estimate of drug-likeness (QED) is 0.675. The van der Waals surface area contributed by atoms with Gasteiger partial charge >= 0.3 is 0 Å². The van der Waals surface area contributed by atoms with Crippen molar-refractivity contribution in [3.63, 3.8) is 0 Å². The van der Waals surface area contributed by atoms with Gasteiger partial charge < -0.3 is 20.1 Å². The molecule has 0 aliphatic carbocycles. The lowest BCUT2D eigenvalue weighted by atomic mass is 9.93. The Bertz CT molecular complexity index is 723. The molecule has 0 radical (unpaired) electrons. The van der Waals surface area contributed by atoms with E-state index in [9.17, 15) is 4.79 Å². The summed E-state index contributed by atoms with van der Waals surface area (Å²) in [6.07, 6.45) is 4.79. The molecular weight excluding hydrogens is 352 g/mol. The summed E-state index contributed by atoms with van der Waals surface area (Å²) in [5, 5.41) is 6.34. The van der Waals surface area contributed by atoms with Crippen LogP contribution < -0.4 is 15.4 Å². The van der Waals surface area contributed by atoms with Crippen LogP contribution in [0.25, 0.3) is 0 Å². The molecule has 2 aromatic carbocycles. The molecule has 1 heterocycles. The highest BCUT2D eigenvalue weighted by Crippen LogP contribution is 2.24. The zero-order valence-corrected chi connectivity index (χ0v) is 16.6. The molecule has 0 bridgehead atoms. The van der Waals surface area contributed by atoms with Gasteiger partial charge in [0.05, 0.1) is 6.61 Å². The Morgan fingerprint density at radius 2 is 1.68 bits per heavy atom. The standard InChI is InChI=1S/C23H30N2O3/c1-27-17-14-18-2-7-21(8-3-18)28-22-9-5-20(6-10-22)25-23(26)11-4-19-12-15-24-16-13-19/h2-3,5-10,19,24H,4,11-17H2,1H3,(H,25,26). The van der Waals surface area contributed by atoms with Gasteiger partial charge in [-0.05, 0) is 86.7 Å². The van der Waals surface area contributed by atoms with Crippen molar-refractivity contribution in [3.8, 4) is 11.5 Å². The van der Waals surface area contributed by atoms with Crippen molar-refractivity contribution in [2.45, 2.75) is 32.1 Å². The Morgan fingerprint density at radius 1 is 1.04 bits per heavy atom. The van der Waals surface area contributed by atoms with Crippen molar-refractivity contribution >= 4 is 11.6 Å². The smallest absolute Gasteiger partial charge is 0.224 e. The minimum Gasteiger partial charge on any atom is -0.457 e. The first-order valence-corrected chi connectivity index (χ1v) is 10.1. The molecule has 2 N–H and O–H groups in total. The van der Waals surface area contributed by atoms with E-state index < -0.39 is 0 Å². The molecule has 1 fully saturated rings. The summed E-state index contributed by atoms with van der Waals surface area (Å²) in [4.78, 5) is 12.2. The number of hydrogen-bond donors (Lipinski definition) is 2. The maximum Gasteiger partial charge on any atom is 0.224 e. The fraction of sp³-hybridized carbons (Fsp3) is 0.435. The lowest BCUT2D eigenvalue weighted by Crippen LogP contribution is -2.28. The van der Waals surface area contributed by atoms with Crippen molar-refractivity contribution in [3.05, 3.63) is 54.1 Å². The number of anilines is 1. The number of benzene rings is 2. The first-order chi connectivity index (χ1) is 13.7. The van der Waals surface area contributed by atoms with E-state index in [0.29, 0.717) is 18.9 Å². The second-order valence-corrected chi connectivity index (χ2v) is 7.29. The molecule has 150 valence electrons. The Labute approximate surface area is 167 Å². The monoisotopic (exact) mass is 382 g/mol. The van der Waals surface area contributed by atoms with E-state index in [2.05, 4.69) is 10.6 Å². The highest BCUT2D eigenvalue weighted by atomic mass is 16.5. The normalized spacial score (nSPS) is 14.6. The molecule has 1 aliphatic rings. The number of amides is 1. The summed E-state index contributed by atoms with van der Waals surface area (Å²) in [6, 6.07) is 15.5. The second-order valence-electron chi connectivity index (χ2n) is 7.29. The molecule has 1 amide bonds. The van der Waals surface area contributed by atoms with Crippen LogP contribution in [-0.2, 0) is 16.0 Å². The molecule has 0 spiro atoms. The minimum absolute atomic E-state index is 0.0823. The summed E-state index contributed by atoms with van der Waals surface area (Å²) in [5.41, 5.74) is 2.02. The third kappa shape index (κ3) is 6.66. The van der Waals surface area contributed by atoms with Crippen molar-refractivity contribution < 1.29 is 14.3 Å². The van der Waals surface area contributed by atoms with Gasteiger partial charge in [0.2, 0.25) is 5.91 Å². The third-order valence-electron chi connectivity index (χ3n) is 5.13. The highest BCUT2D eigenvalue weighted by Gasteiger charge is 2.14. The van der Waals surface area contributed by atoms with Crippen LogP contribution >= 0.6 is 0 Å². The number of methoxy groups -OCH3 is 1. The van der Waals surface area contributed by atoms with Gasteiger partial charge in [-0.3, -0.25) is 4.79 Å². The molecule has 0 aromatic heterocycles. The van der Waals surface area contributed by atoms with Gasteiger partial charge in [-0.25, -0.2) is 0 Å². The van der Waals surface area contributed by atoms with E-state index in [-0.39, 0.29) is 5.91 Å². The molecule has 0 atom stereocenters. The van der Waals surface area contributed by atoms with E-state index in [1.54, 1.807) is 7.11 Å². The van der Waals surface area contributed by atoms with Crippen molar-refractivity contribution in [1.82, 2.24) is 5.32 Å². The fourth-order valence-electron chi connectivity index (χ4n) is 3.42. The van der Waals surface area contributed by atoms with Crippen molar-refractivity contribution in [2.24, 2.45) is 5.92 Å². The predicted molar refractivity (Wildman–Crippen MR) is 112 cm³/mol. The number of ether oxygens (including phenoxy) is 2. The minimum atomic E-state index is 0.0823. The molecule has 1 saturated heterocycles. The maximum absolute atomic E-state index is 12.2. The average Bonchev–Trinajstić information content (AvgIpc) is 2.74. The average molecular weight is 383 g/mol. The SMILES string of the molecule is COCCc1ccc(Oc2ccc(NC(=O)CCC3CCNCC3)cc2)cc1. The molecule has 0 saturated carbocycles. The van der Waals surface area contributed by atoms with Crippen LogP contribution in [0.1, 0.15) is 31.2 Å². The Morgan fingerprint density at radius 3 is 2.32 bits per heavy atom. The van der Waals surface area contributed by atoms with Crippen LogP contribution in [0.5, 0.6) is 11.5 Å². The zero-order valence-electron chi connectivity index (χ0n) is 16.6. The van der Waals surface area contributed by atoms with Gasteiger partial charge in [-0.1, -0.05) is 12.1 Å². The van der Waals surface area contributed by atoms with E-state index >= 15 is 0 Å². The lowest BCUT2D eigenvalue weighted by molar-refractivity contribution is -0.116. The number of carbonyl (C=O) groups excluding carboxylic acids is 1. The van der Waals surface area contributed by atoms with Crippen LogP contribution in [0.15, 0.2) is 48.5 Å². The third-order valence-corrected chi connectivity index (χ3v) is 5.13. The van der Waals surface area contributed by atoms with E-state index in [0.717, 1.165) is 43.1 Å². The molecule has 3 rings (SSSR count). The summed E-state index contributed by atoms with van der Waals surface area (Å²) >= 11 is 0. The Balaban J connectivity index is 1.44. The van der Waals surface area contributed by atoms with Crippen LogP contribution in [-0.4, -0.2) is 32.7 Å². The van der Waals surface area contributed by atoms with Crippen LogP contribution in [0.4, 0.5) is 5.69 Å². The van der Waals surface area contributed by atoms with Gasteiger partial charge in [0.25, 0.3) is 0 Å². The molecule has 0 unspecified atom stereocenters. The van der Waals surface area contributed by atoms with E-state index in [4.69, 9.17) is 9.47 Å². The number of hydrogen-bond acceptors (Lipinski definition) is 4. The Kier molecular flexibility index (Phi) is 7.88. The largest absolute Gasteiger partial charge is 0.457 e. The number of piperidine rings is 1. The number of carbonyl (C=O) groups is 1. The molecule has 5 nitrogen and oxygen atoms in total. The molecular formula is C23H30N2O3. The van der Waals surface area contributed by atoms with E-state index in [1.807, 2.05) is 48.5 Å². The van der Waals surface area contributed by atoms with Gasteiger partial charge in [0.1, 0.15) is 11.5 Å². The van der Waals surface area contributed by atoms with Crippen molar-refractivity contribution in [2.75, 3.05) is 32.1 Å². The number of rotatable bonds is 9. The van der Waals surface area contributed by atoms with Crippen LogP contribution in [0, 0.1) is 5.92 Å². The molecule has 28 heavy (non-hydrogen) atoms. The summed E-state index contributed by atoms with van der Waals surface area (Å²) < 4.78 is 11.0. The van der Waals surface area contributed by atoms with Gasteiger partial charge in [0.15, 0.2) is 0 Å². The summed E-state index contributed by atoms with van der Waals surface area (Å²) in [6.45, 7) is 2.86. The first kappa shape index (κ1) is 20.4. The maximum atomic E-state index is 12.2. The van der Waals surface area contributed by atoms with E-state index in [1.165, 1.54) is 18.4 Å². The Hall–Kier alpha value is -2.37. The molecule has 5 heteroatoms. The van der Waals surface area contributed by atoms with Gasteiger partial charge in [-0.2, -0.15) is 0 Å². The number of nitrogens with one attached hydrogen (secondary N) is 2. The second kappa shape index (κ2) is 10.8. The topological polar surface area (TPSA) is 59.6 Å². The van der Waals surface area contributed by atoms with Crippen LogP contribution in [0.2, 0.25) is 0 Å². The highest BCUT2D eigenvalue weighted by molar-refractivity contribution is 5.90. The van der Waals surface area contributed by atoms with Gasteiger partial charge in [0, 0.05) is 19.2 Å². The van der Waals surface area contributed by atoms with Gasteiger partial charge in [-0.15, -0.1) is 0 Å². The van der Waals surface area contributed by atoms with Crippen LogP contribution in [0.3, 0.4) is 0 Å². The molecule has 2 aromatic rings.